The predicted molar refractivity (Wildman–Crippen MR) is 137 cm³/mol. The van der Waals surface area contributed by atoms with Gasteiger partial charge in [0.25, 0.3) is 11.8 Å². The molecule has 1 unspecified atom stereocenters. The van der Waals surface area contributed by atoms with Gasteiger partial charge in [-0.25, -0.2) is 9.59 Å². The Hall–Kier alpha value is -4.50. The van der Waals surface area contributed by atoms with Gasteiger partial charge in [-0.2, -0.15) is 0 Å². The summed E-state index contributed by atoms with van der Waals surface area (Å²) in [6.45, 7) is 3.73. The van der Waals surface area contributed by atoms with Gasteiger partial charge in [0, 0.05) is 31.7 Å². The Morgan fingerprint density at radius 3 is 1.93 bits per heavy atom. The number of rotatable bonds is 16. The van der Waals surface area contributed by atoms with E-state index in [1.165, 1.54) is 0 Å². The molecule has 1 rings (SSSR count). The molecular formula is C24H36N6O10. The second-order valence-electron chi connectivity index (χ2n) is 9.62. The lowest BCUT2D eigenvalue weighted by Crippen LogP contribution is -2.47. The summed E-state index contributed by atoms with van der Waals surface area (Å²) in [4.78, 5) is 94.3. The molecule has 0 aliphatic carbocycles. The third-order valence-corrected chi connectivity index (χ3v) is 5.02. The molecule has 0 aromatic rings. The van der Waals surface area contributed by atoms with Crippen LogP contribution < -0.4 is 26.6 Å². The van der Waals surface area contributed by atoms with Gasteiger partial charge in [-0.05, 0) is 40.0 Å². The number of nitrogens with zero attached hydrogens (tertiary/aromatic N) is 1. The summed E-state index contributed by atoms with van der Waals surface area (Å²) >= 11 is 0. The van der Waals surface area contributed by atoms with Gasteiger partial charge in [0.1, 0.15) is 18.2 Å². The summed E-state index contributed by atoms with van der Waals surface area (Å²) in [5.41, 5.74) is -0.738. The Morgan fingerprint density at radius 2 is 1.38 bits per heavy atom. The van der Waals surface area contributed by atoms with Gasteiger partial charge in [0.15, 0.2) is 0 Å². The van der Waals surface area contributed by atoms with Crippen LogP contribution in [0.1, 0.15) is 46.5 Å². The molecule has 0 aromatic carbocycles. The lowest BCUT2D eigenvalue weighted by atomic mass is 10.1. The molecule has 1 heterocycles. The standard InChI is InChI=1S/C24H36N6O10/c1-24(2,3)40-23(39)28-13-18(33)26-12-17(32)27-14-19(34)29-15(22(37)38)6-4-5-10-25-16(31)9-11-30-20(35)7-8-21(30)36/h7-8,15H,4-6,9-14H2,1-3H3,(H,25,31)(H,26,33)(H,27,32)(H,28,39)(H,29,34)(H,37,38). The number of carboxylic acid groups (broad SMARTS) is 1. The Kier molecular flexibility index (Phi) is 13.8. The second-order valence-corrected chi connectivity index (χ2v) is 9.62. The highest BCUT2D eigenvalue weighted by Gasteiger charge is 2.24. The minimum atomic E-state index is -1.28. The molecule has 0 radical (unpaired) electrons. The molecular weight excluding hydrogens is 532 g/mol. The highest BCUT2D eigenvalue weighted by molar-refractivity contribution is 6.13. The monoisotopic (exact) mass is 568 g/mol. The summed E-state index contributed by atoms with van der Waals surface area (Å²) in [7, 11) is 0. The summed E-state index contributed by atoms with van der Waals surface area (Å²) in [6.07, 6.45) is 2.21. The Labute approximate surface area is 230 Å². The van der Waals surface area contributed by atoms with Gasteiger partial charge in [-0.3, -0.25) is 33.7 Å². The van der Waals surface area contributed by atoms with Gasteiger partial charge in [-0.1, -0.05) is 0 Å². The average Bonchev–Trinajstić information content (AvgIpc) is 3.18. The van der Waals surface area contributed by atoms with Crippen LogP contribution in [0.5, 0.6) is 0 Å². The number of carboxylic acids is 1. The first kappa shape index (κ1) is 33.5. The number of aliphatic carboxylic acids is 1. The molecule has 16 nitrogen and oxygen atoms in total. The molecule has 0 saturated carbocycles. The third kappa shape index (κ3) is 14.4. The van der Waals surface area contributed by atoms with Crippen molar-refractivity contribution < 1.29 is 48.2 Å². The molecule has 7 amide bonds. The Morgan fingerprint density at radius 1 is 0.825 bits per heavy atom. The van der Waals surface area contributed by atoms with Crippen molar-refractivity contribution in [2.75, 3.05) is 32.7 Å². The van der Waals surface area contributed by atoms with Crippen LogP contribution in [0.25, 0.3) is 0 Å². The lowest BCUT2D eigenvalue weighted by Gasteiger charge is -2.19. The topological polar surface area (TPSA) is 229 Å². The fourth-order valence-corrected chi connectivity index (χ4v) is 3.11. The molecule has 0 spiro atoms. The molecule has 1 aliphatic rings. The van der Waals surface area contributed by atoms with Crippen LogP contribution in [0, 0.1) is 0 Å². The molecule has 6 N–H and O–H groups in total. The predicted octanol–water partition coefficient (Wildman–Crippen LogP) is -2.09. The highest BCUT2D eigenvalue weighted by Crippen LogP contribution is 2.06. The van der Waals surface area contributed by atoms with Crippen molar-refractivity contribution in [1.82, 2.24) is 31.5 Å². The number of hydrogen-bond donors (Lipinski definition) is 6. The Balaban J connectivity index is 2.21. The van der Waals surface area contributed by atoms with Gasteiger partial charge in [0.05, 0.1) is 13.1 Å². The number of imide groups is 1. The minimum Gasteiger partial charge on any atom is -0.480 e. The summed E-state index contributed by atoms with van der Waals surface area (Å²) in [6, 6.07) is -1.22. The number of amides is 7. The lowest BCUT2D eigenvalue weighted by molar-refractivity contribution is -0.142. The first-order valence-corrected chi connectivity index (χ1v) is 12.5. The van der Waals surface area contributed by atoms with E-state index in [9.17, 15) is 43.5 Å². The molecule has 1 aliphatic heterocycles. The van der Waals surface area contributed by atoms with E-state index in [-0.39, 0.29) is 31.8 Å². The van der Waals surface area contributed by atoms with Crippen LogP contribution in [-0.4, -0.2) is 102 Å². The van der Waals surface area contributed by atoms with E-state index in [1.54, 1.807) is 20.8 Å². The van der Waals surface area contributed by atoms with E-state index < -0.39 is 72.9 Å². The summed E-state index contributed by atoms with van der Waals surface area (Å²) in [5.74, 6) is -4.73. The van der Waals surface area contributed by atoms with E-state index in [1.807, 2.05) is 0 Å². The number of hydrogen-bond acceptors (Lipinski definition) is 9. The number of nitrogens with one attached hydrogen (secondary N) is 5. The fraction of sp³-hybridized carbons (Fsp3) is 0.583. The van der Waals surface area contributed by atoms with Crippen molar-refractivity contribution in [2.45, 2.75) is 58.1 Å². The minimum absolute atomic E-state index is 0.0438. The molecule has 1 atom stereocenters. The smallest absolute Gasteiger partial charge is 0.408 e. The van der Waals surface area contributed by atoms with Crippen LogP contribution >= 0.6 is 0 Å². The van der Waals surface area contributed by atoms with Gasteiger partial charge in [0.2, 0.25) is 23.6 Å². The van der Waals surface area contributed by atoms with Crippen LogP contribution in [0.4, 0.5) is 4.79 Å². The van der Waals surface area contributed by atoms with Gasteiger partial charge < -0.3 is 36.4 Å². The summed E-state index contributed by atoms with van der Waals surface area (Å²) in [5, 5.41) is 20.9. The molecule has 0 aromatic heterocycles. The van der Waals surface area contributed by atoms with E-state index >= 15 is 0 Å². The van der Waals surface area contributed by atoms with Crippen LogP contribution in [0.2, 0.25) is 0 Å². The molecule has 0 fully saturated rings. The SMILES string of the molecule is CC(C)(C)OC(=O)NCC(=O)NCC(=O)NCC(=O)NC(CCCCNC(=O)CCN1C(=O)C=CC1=O)C(=O)O. The first-order chi connectivity index (χ1) is 18.7. The van der Waals surface area contributed by atoms with Gasteiger partial charge in [-0.15, -0.1) is 0 Å². The van der Waals surface area contributed by atoms with Crippen molar-refractivity contribution in [2.24, 2.45) is 0 Å². The molecule has 222 valence electrons. The van der Waals surface area contributed by atoms with E-state index in [2.05, 4.69) is 26.6 Å². The maximum atomic E-state index is 12.0. The largest absolute Gasteiger partial charge is 0.480 e. The molecule has 16 heteroatoms. The number of alkyl carbamates (subject to hydrolysis) is 1. The Bertz CT molecular complexity index is 1000. The van der Waals surface area contributed by atoms with E-state index in [0.717, 1.165) is 17.1 Å². The number of carbonyl (C=O) groups is 8. The normalized spacial score (nSPS) is 13.3. The average molecular weight is 569 g/mol. The number of carbonyl (C=O) groups excluding carboxylic acids is 7. The quantitative estimate of drug-likeness (QED) is 0.0878. The van der Waals surface area contributed by atoms with Crippen molar-refractivity contribution in [3.8, 4) is 0 Å². The summed E-state index contributed by atoms with van der Waals surface area (Å²) < 4.78 is 4.97. The van der Waals surface area contributed by atoms with Crippen molar-refractivity contribution in [3.63, 3.8) is 0 Å². The molecule has 0 saturated heterocycles. The van der Waals surface area contributed by atoms with Crippen LogP contribution in [0.3, 0.4) is 0 Å². The van der Waals surface area contributed by atoms with Crippen LogP contribution in [-0.2, 0) is 38.3 Å². The highest BCUT2D eigenvalue weighted by atomic mass is 16.6. The maximum Gasteiger partial charge on any atom is 0.408 e. The first-order valence-electron chi connectivity index (χ1n) is 12.5. The zero-order chi connectivity index (χ0) is 30.3. The van der Waals surface area contributed by atoms with Crippen molar-refractivity contribution in [1.29, 1.82) is 0 Å². The van der Waals surface area contributed by atoms with E-state index in [4.69, 9.17) is 4.74 Å². The van der Waals surface area contributed by atoms with Crippen molar-refractivity contribution in [3.05, 3.63) is 12.2 Å². The third-order valence-electron chi connectivity index (χ3n) is 5.02. The zero-order valence-corrected chi connectivity index (χ0v) is 22.7. The number of ether oxygens (including phenoxy) is 1. The van der Waals surface area contributed by atoms with Crippen molar-refractivity contribution >= 4 is 47.5 Å². The molecule has 40 heavy (non-hydrogen) atoms. The number of unbranched alkanes of at least 4 members (excludes halogenated alkanes) is 1. The van der Waals surface area contributed by atoms with Crippen LogP contribution in [0.15, 0.2) is 12.2 Å². The maximum absolute atomic E-state index is 12.0. The second kappa shape index (κ2) is 16.5. The fourth-order valence-electron chi connectivity index (χ4n) is 3.11. The van der Waals surface area contributed by atoms with Gasteiger partial charge >= 0.3 is 12.1 Å². The zero-order valence-electron chi connectivity index (χ0n) is 22.7. The van der Waals surface area contributed by atoms with E-state index in [0.29, 0.717) is 12.8 Å². The molecule has 0 bridgehead atoms.